The van der Waals surface area contributed by atoms with Gasteiger partial charge in [0, 0.05) is 6.54 Å². The van der Waals surface area contributed by atoms with Gasteiger partial charge in [-0.1, -0.05) is 0 Å². The third-order valence-electron chi connectivity index (χ3n) is 1.46. The maximum absolute atomic E-state index is 10.5. The van der Waals surface area contributed by atoms with Gasteiger partial charge >= 0.3 is 5.97 Å². The van der Waals surface area contributed by atoms with Crippen molar-refractivity contribution in [3.05, 3.63) is 0 Å². The number of nitrogens with two attached hydrogens (primary N) is 1. The number of carboxylic acid groups (broad SMARTS) is 1. The molecule has 0 saturated heterocycles. The number of aliphatic carboxylic acids is 1. The van der Waals surface area contributed by atoms with Gasteiger partial charge in [-0.25, -0.2) is 9.59 Å². The summed E-state index contributed by atoms with van der Waals surface area (Å²) >= 11 is 0. The van der Waals surface area contributed by atoms with E-state index < -0.39 is 12.0 Å². The van der Waals surface area contributed by atoms with E-state index in [9.17, 15) is 9.59 Å². The Morgan fingerprint density at radius 3 is 2.41 bits per heavy atom. The van der Waals surface area contributed by atoms with Crippen molar-refractivity contribution in [1.29, 1.82) is 5.41 Å². The van der Waals surface area contributed by atoms with Gasteiger partial charge in [-0.2, -0.15) is 4.99 Å². The third kappa shape index (κ3) is 14.3. The molecule has 0 spiro atoms. The molecule has 10 heteroatoms. The van der Waals surface area contributed by atoms with Crippen LogP contribution in [-0.2, 0) is 9.59 Å². The second-order valence-corrected chi connectivity index (χ2v) is 2.56. The van der Waals surface area contributed by atoms with Crippen LogP contribution >= 0.6 is 12.4 Å². The smallest absolute Gasteiger partial charge is 0.329 e. The lowest BCUT2D eigenvalue weighted by molar-refractivity contribution is -0.138. The average molecular weight is 273 g/mol. The van der Waals surface area contributed by atoms with Gasteiger partial charge in [0.25, 0.3) is 0 Å². The average Bonchev–Trinajstić information content (AvgIpc) is 2.09. The summed E-state index contributed by atoms with van der Waals surface area (Å²) in [4.78, 5) is 23.4. The molecule has 0 heterocycles. The number of aliphatic imine (C=N–C) groups is 1. The summed E-state index contributed by atoms with van der Waals surface area (Å²) in [6, 6.07) is -1.05. The monoisotopic (exact) mass is 272 g/mol. The van der Waals surface area contributed by atoms with Gasteiger partial charge in [0.05, 0.1) is 0 Å². The largest absolute Gasteiger partial charge is 0.480 e. The second-order valence-electron chi connectivity index (χ2n) is 2.56. The highest BCUT2D eigenvalue weighted by Crippen LogP contribution is 2.00. The first kappa shape index (κ1) is 24.5. The Bertz CT molecular complexity index is 267. The molecule has 0 bridgehead atoms. The van der Waals surface area contributed by atoms with Crippen molar-refractivity contribution >= 4 is 30.4 Å². The molecule has 17 heavy (non-hydrogen) atoms. The maximum atomic E-state index is 10.5. The summed E-state index contributed by atoms with van der Waals surface area (Å²) in [6.45, 7) is 0.382. The summed E-state index contributed by atoms with van der Waals surface area (Å²) < 4.78 is 0. The van der Waals surface area contributed by atoms with E-state index in [2.05, 4.69) is 10.3 Å². The van der Waals surface area contributed by atoms with Crippen LogP contribution in [0.4, 0.5) is 0 Å². The molecule has 0 aromatic rings. The Hall–Kier alpha value is -1.67. The van der Waals surface area contributed by atoms with Crippen molar-refractivity contribution in [3.63, 3.8) is 0 Å². The van der Waals surface area contributed by atoms with Crippen molar-refractivity contribution in [2.45, 2.75) is 18.9 Å². The van der Waals surface area contributed by atoms with Crippen molar-refractivity contribution in [2.75, 3.05) is 6.54 Å². The molecule has 0 amide bonds. The second kappa shape index (κ2) is 14.3. The SMILES string of the molecule is Cl.N=C(N)NCCCC(N=C=O)C(=O)O.O.O. The molecule has 0 aromatic carbocycles. The fourth-order valence-corrected chi connectivity index (χ4v) is 0.825. The zero-order valence-corrected chi connectivity index (χ0v) is 9.71. The van der Waals surface area contributed by atoms with Crippen molar-refractivity contribution in [2.24, 2.45) is 10.7 Å². The number of guanidine groups is 1. The Kier molecular flexibility index (Phi) is 20.7. The molecule has 0 radical (unpaired) electrons. The zero-order valence-electron chi connectivity index (χ0n) is 8.90. The van der Waals surface area contributed by atoms with E-state index in [4.69, 9.17) is 16.2 Å². The molecule has 1 unspecified atom stereocenters. The number of carboxylic acids is 1. The summed E-state index contributed by atoms with van der Waals surface area (Å²) in [5.41, 5.74) is 5.00. The highest BCUT2D eigenvalue weighted by molar-refractivity contribution is 5.85. The number of hydrogen-bond donors (Lipinski definition) is 4. The molecule has 102 valence electrons. The molecular formula is C7H17ClN4O5. The molecule has 0 aliphatic rings. The number of hydrogen-bond acceptors (Lipinski definition) is 4. The standard InChI is InChI=1S/C7H12N4O3.ClH.2H2O/c8-7(9)10-3-1-2-5(6(13)14)11-4-12;;;/h5H,1-3H2,(H,13,14)(H4,8,9,10);1H;2*1H2. The number of nitrogens with one attached hydrogen (secondary N) is 2. The quantitative estimate of drug-likeness (QED) is 0.184. The Labute approximate surface area is 104 Å². The number of carbonyl (C=O) groups is 1. The highest BCUT2D eigenvalue weighted by atomic mass is 35.5. The lowest BCUT2D eigenvalue weighted by Crippen LogP contribution is -2.31. The fourth-order valence-electron chi connectivity index (χ4n) is 0.825. The molecule has 9 nitrogen and oxygen atoms in total. The first-order valence-electron chi connectivity index (χ1n) is 3.95. The van der Waals surface area contributed by atoms with Crippen LogP contribution in [0, 0.1) is 5.41 Å². The number of nitrogens with zero attached hydrogens (tertiary/aromatic N) is 1. The highest BCUT2D eigenvalue weighted by Gasteiger charge is 2.14. The van der Waals surface area contributed by atoms with Gasteiger partial charge in [-0.05, 0) is 12.8 Å². The number of halogens is 1. The van der Waals surface area contributed by atoms with Crippen LogP contribution in [0.1, 0.15) is 12.8 Å². The van der Waals surface area contributed by atoms with Gasteiger partial charge in [-0.3, -0.25) is 5.41 Å². The van der Waals surface area contributed by atoms with E-state index in [1.807, 2.05) is 0 Å². The summed E-state index contributed by atoms with van der Waals surface area (Å²) in [7, 11) is 0. The third-order valence-corrected chi connectivity index (χ3v) is 1.46. The Balaban J connectivity index is -0.000000282. The molecular weight excluding hydrogens is 256 g/mol. The molecule has 0 aliphatic heterocycles. The van der Waals surface area contributed by atoms with E-state index in [0.717, 1.165) is 0 Å². The molecule has 0 aromatic heterocycles. The van der Waals surface area contributed by atoms with Crippen LogP contribution in [0.25, 0.3) is 0 Å². The Morgan fingerprint density at radius 2 is 2.06 bits per heavy atom. The van der Waals surface area contributed by atoms with Crippen LogP contribution in [-0.4, -0.2) is 46.7 Å². The van der Waals surface area contributed by atoms with Gasteiger partial charge in [0.1, 0.15) is 0 Å². The molecule has 0 fully saturated rings. The zero-order chi connectivity index (χ0) is 11.0. The first-order valence-corrected chi connectivity index (χ1v) is 3.95. The molecule has 1 atom stereocenters. The predicted molar refractivity (Wildman–Crippen MR) is 63.2 cm³/mol. The van der Waals surface area contributed by atoms with Gasteiger partial charge < -0.3 is 27.1 Å². The van der Waals surface area contributed by atoms with Crippen LogP contribution in [0.5, 0.6) is 0 Å². The lowest BCUT2D eigenvalue weighted by Gasteiger charge is -2.05. The van der Waals surface area contributed by atoms with Crippen molar-refractivity contribution < 1.29 is 25.6 Å². The van der Waals surface area contributed by atoms with Crippen molar-refractivity contribution in [1.82, 2.24) is 5.32 Å². The van der Waals surface area contributed by atoms with Crippen molar-refractivity contribution in [3.8, 4) is 0 Å². The van der Waals surface area contributed by atoms with Gasteiger partial charge in [-0.15, -0.1) is 12.4 Å². The Morgan fingerprint density at radius 1 is 1.53 bits per heavy atom. The van der Waals surface area contributed by atoms with E-state index in [1.54, 1.807) is 0 Å². The summed E-state index contributed by atoms with van der Waals surface area (Å²) in [5.74, 6) is -1.33. The minimum Gasteiger partial charge on any atom is -0.480 e. The normalized spacial score (nSPS) is 9.18. The van der Waals surface area contributed by atoms with Gasteiger partial charge in [0.15, 0.2) is 12.0 Å². The van der Waals surface area contributed by atoms with E-state index >= 15 is 0 Å². The van der Waals surface area contributed by atoms with Crippen LogP contribution < -0.4 is 11.1 Å². The topological polar surface area (TPSA) is 192 Å². The predicted octanol–water partition coefficient (Wildman–Crippen LogP) is -2.19. The molecule has 0 saturated carbocycles. The maximum Gasteiger partial charge on any atom is 0.329 e. The minimum absolute atomic E-state index is 0. The molecule has 0 rings (SSSR count). The van der Waals surface area contributed by atoms with E-state index in [0.29, 0.717) is 13.0 Å². The first-order chi connectivity index (χ1) is 6.57. The van der Waals surface area contributed by atoms with E-state index in [1.165, 1.54) is 6.08 Å². The lowest BCUT2D eigenvalue weighted by atomic mass is 10.1. The molecule has 0 aliphatic carbocycles. The van der Waals surface area contributed by atoms with E-state index in [-0.39, 0.29) is 35.7 Å². The summed E-state index contributed by atoms with van der Waals surface area (Å²) in [5, 5.41) is 17.9. The number of isocyanates is 1. The summed E-state index contributed by atoms with van der Waals surface area (Å²) in [6.07, 6.45) is 1.88. The van der Waals surface area contributed by atoms with Crippen LogP contribution in [0.2, 0.25) is 0 Å². The van der Waals surface area contributed by atoms with Crippen LogP contribution in [0.3, 0.4) is 0 Å². The van der Waals surface area contributed by atoms with Gasteiger partial charge in [0.2, 0.25) is 6.08 Å². The van der Waals surface area contributed by atoms with Crippen LogP contribution in [0.15, 0.2) is 4.99 Å². The number of carbonyl (C=O) groups excluding carboxylic acids is 1. The molecule has 9 N–H and O–H groups in total. The fraction of sp³-hybridized carbons (Fsp3) is 0.571. The minimum atomic E-state index is -1.16. The number of rotatable bonds is 6.